The van der Waals surface area contributed by atoms with Crippen LogP contribution in [0.3, 0.4) is 0 Å². The van der Waals surface area contributed by atoms with Crippen LogP contribution < -0.4 is 0 Å². The summed E-state index contributed by atoms with van der Waals surface area (Å²) >= 11 is 0. The average molecular weight is 1400 g/mol. The second kappa shape index (κ2) is 70.5. The number of esters is 4. The SMILES string of the molecule is CCCCCCCCCCCCCCCCCCCCC(=O)O[C@H](COC(=O)CCCCCCCCCCCCCCCCCCC)COP(=O)(O)OC[C@@H](O)COP(=O)(O)OC[C@@H](COC(=O)CCCCCCC)OC(=O)CCCCCCCCCCCCCCCCC. The van der Waals surface area contributed by atoms with Crippen LogP contribution >= 0.6 is 15.6 Å². The molecule has 19 heteroatoms. The minimum absolute atomic E-state index is 0.108. The molecule has 95 heavy (non-hydrogen) atoms. The fourth-order valence-corrected chi connectivity index (χ4v) is 13.3. The van der Waals surface area contributed by atoms with Crippen molar-refractivity contribution < 1.29 is 80.2 Å². The molecule has 0 saturated heterocycles. The van der Waals surface area contributed by atoms with Gasteiger partial charge < -0.3 is 33.8 Å². The number of ether oxygens (including phenoxy) is 4. The molecule has 0 bridgehead atoms. The molecule has 0 aromatic rings. The van der Waals surface area contributed by atoms with Crippen molar-refractivity contribution in [3.05, 3.63) is 0 Å². The Morgan fingerprint density at radius 2 is 0.421 bits per heavy atom. The summed E-state index contributed by atoms with van der Waals surface area (Å²) < 4.78 is 68.3. The molecule has 0 amide bonds. The molecule has 17 nitrogen and oxygen atoms in total. The van der Waals surface area contributed by atoms with Crippen molar-refractivity contribution in [1.82, 2.24) is 0 Å². The van der Waals surface area contributed by atoms with Crippen molar-refractivity contribution in [2.75, 3.05) is 39.6 Å². The Balaban J connectivity index is 5.13. The van der Waals surface area contributed by atoms with Crippen LogP contribution in [0.15, 0.2) is 0 Å². The molecule has 5 atom stereocenters. The smallest absolute Gasteiger partial charge is 0.462 e. The standard InChI is InChI=1S/C76H148O17P2/c1-5-9-13-17-20-23-26-29-32-34-36-39-42-45-48-51-55-59-63-76(81)93-72(67-87-74(79)61-57-53-49-46-43-40-38-35-33-30-27-24-21-18-14-10-6-2)69-91-95(84,85)89-65-70(77)64-88-94(82,83)90-68-71(66-86-73(78)60-56-52-16-12-8-4)92-75(80)62-58-54-50-47-44-41-37-31-28-25-22-19-15-11-7-3/h70-72,77H,5-69H2,1-4H3,(H,82,83)(H,84,85)/t70-,71+,72+/m0/s1. The largest absolute Gasteiger partial charge is 0.472 e. The lowest BCUT2D eigenvalue weighted by Crippen LogP contribution is -2.30. The number of hydrogen-bond donors (Lipinski definition) is 3. The summed E-state index contributed by atoms with van der Waals surface area (Å²) in [5, 5.41) is 10.6. The zero-order valence-electron chi connectivity index (χ0n) is 61.6. The van der Waals surface area contributed by atoms with E-state index in [9.17, 15) is 43.2 Å². The summed E-state index contributed by atoms with van der Waals surface area (Å²) in [5.41, 5.74) is 0. The number of carbonyl (C=O) groups is 4. The number of phosphoric acid groups is 2. The first-order valence-electron chi connectivity index (χ1n) is 39.8. The van der Waals surface area contributed by atoms with E-state index in [2.05, 4.69) is 27.7 Å². The average Bonchev–Trinajstić information content (AvgIpc) is 2.17. The maximum absolute atomic E-state index is 13.1. The molecule has 0 aliphatic carbocycles. The van der Waals surface area contributed by atoms with E-state index in [0.29, 0.717) is 25.7 Å². The van der Waals surface area contributed by atoms with Crippen molar-refractivity contribution in [2.24, 2.45) is 0 Å². The molecule has 0 rings (SSSR count). The van der Waals surface area contributed by atoms with Crippen LogP contribution in [0.1, 0.15) is 407 Å². The van der Waals surface area contributed by atoms with Gasteiger partial charge in [-0.3, -0.25) is 37.3 Å². The number of aliphatic hydroxyl groups excluding tert-OH is 1. The Kier molecular flexibility index (Phi) is 69.1. The van der Waals surface area contributed by atoms with E-state index < -0.39 is 97.5 Å². The molecule has 0 saturated carbocycles. The minimum Gasteiger partial charge on any atom is -0.462 e. The van der Waals surface area contributed by atoms with Gasteiger partial charge in [0.25, 0.3) is 0 Å². The van der Waals surface area contributed by atoms with Gasteiger partial charge in [0.1, 0.15) is 19.3 Å². The molecule has 0 aromatic heterocycles. The van der Waals surface area contributed by atoms with E-state index in [1.165, 1.54) is 231 Å². The van der Waals surface area contributed by atoms with Crippen LogP contribution in [0.4, 0.5) is 0 Å². The molecule has 0 aliphatic rings. The van der Waals surface area contributed by atoms with Gasteiger partial charge in [0.15, 0.2) is 12.2 Å². The van der Waals surface area contributed by atoms with Gasteiger partial charge in [-0.1, -0.05) is 355 Å². The van der Waals surface area contributed by atoms with Crippen molar-refractivity contribution in [3.8, 4) is 0 Å². The fraction of sp³-hybridized carbons (Fsp3) is 0.947. The Bertz CT molecular complexity index is 1810. The van der Waals surface area contributed by atoms with Gasteiger partial charge in [0, 0.05) is 25.7 Å². The third-order valence-electron chi connectivity index (χ3n) is 17.9. The second-order valence-corrected chi connectivity index (χ2v) is 30.3. The van der Waals surface area contributed by atoms with E-state index in [0.717, 1.165) is 96.3 Å². The Labute approximate surface area is 581 Å². The molecular weight excluding hydrogens is 1250 g/mol. The Hall–Kier alpha value is -1.94. The summed E-state index contributed by atoms with van der Waals surface area (Å²) in [6.45, 7) is 4.91. The molecule has 0 aliphatic heterocycles. The second-order valence-electron chi connectivity index (χ2n) is 27.4. The quantitative estimate of drug-likeness (QED) is 0.0222. The zero-order valence-corrected chi connectivity index (χ0v) is 63.4. The summed E-state index contributed by atoms with van der Waals surface area (Å²) in [6, 6.07) is 0. The third-order valence-corrected chi connectivity index (χ3v) is 19.8. The van der Waals surface area contributed by atoms with Gasteiger partial charge in [-0.05, 0) is 25.7 Å². The number of carbonyl (C=O) groups excluding carboxylic acids is 4. The van der Waals surface area contributed by atoms with Gasteiger partial charge in [0.2, 0.25) is 0 Å². The number of aliphatic hydroxyl groups is 1. The molecule has 0 heterocycles. The van der Waals surface area contributed by atoms with Crippen LogP contribution in [0.5, 0.6) is 0 Å². The summed E-state index contributed by atoms with van der Waals surface area (Å²) in [7, 11) is -9.90. The highest BCUT2D eigenvalue weighted by Gasteiger charge is 2.30. The van der Waals surface area contributed by atoms with E-state index in [1.807, 2.05) is 0 Å². The van der Waals surface area contributed by atoms with Crippen LogP contribution in [0.2, 0.25) is 0 Å². The highest BCUT2D eigenvalue weighted by Crippen LogP contribution is 2.45. The molecule has 0 radical (unpaired) electrons. The first kappa shape index (κ1) is 93.1. The van der Waals surface area contributed by atoms with Gasteiger partial charge in [0.05, 0.1) is 26.4 Å². The molecule has 3 N–H and O–H groups in total. The van der Waals surface area contributed by atoms with Gasteiger partial charge in [-0.25, -0.2) is 9.13 Å². The highest BCUT2D eigenvalue weighted by molar-refractivity contribution is 7.47. The van der Waals surface area contributed by atoms with Crippen LogP contribution in [-0.4, -0.2) is 96.7 Å². The van der Waals surface area contributed by atoms with Crippen molar-refractivity contribution >= 4 is 39.5 Å². The Morgan fingerprint density at radius 3 is 0.621 bits per heavy atom. The normalized spacial score (nSPS) is 13.9. The molecule has 0 spiro atoms. The maximum atomic E-state index is 13.1. The van der Waals surface area contributed by atoms with Crippen LogP contribution in [-0.2, 0) is 65.4 Å². The van der Waals surface area contributed by atoms with Gasteiger partial charge >= 0.3 is 39.5 Å². The summed E-state index contributed by atoms with van der Waals surface area (Å²) in [4.78, 5) is 72.5. The number of hydrogen-bond acceptors (Lipinski definition) is 15. The van der Waals surface area contributed by atoms with E-state index >= 15 is 0 Å². The van der Waals surface area contributed by atoms with Gasteiger partial charge in [-0.15, -0.1) is 0 Å². The number of rotatable bonds is 77. The third kappa shape index (κ3) is 70.3. The minimum atomic E-state index is -4.95. The van der Waals surface area contributed by atoms with E-state index in [-0.39, 0.29) is 25.7 Å². The maximum Gasteiger partial charge on any atom is 0.472 e. The van der Waals surface area contributed by atoms with Gasteiger partial charge in [-0.2, -0.15) is 0 Å². The van der Waals surface area contributed by atoms with E-state index in [4.69, 9.17) is 37.0 Å². The summed E-state index contributed by atoms with van der Waals surface area (Å²) in [6.07, 6.45) is 61.4. The van der Waals surface area contributed by atoms with Crippen molar-refractivity contribution in [1.29, 1.82) is 0 Å². The van der Waals surface area contributed by atoms with Crippen molar-refractivity contribution in [3.63, 3.8) is 0 Å². The van der Waals surface area contributed by atoms with Crippen LogP contribution in [0, 0.1) is 0 Å². The lowest BCUT2D eigenvalue weighted by atomic mass is 10.0. The molecule has 2 unspecified atom stereocenters. The van der Waals surface area contributed by atoms with E-state index in [1.54, 1.807) is 0 Å². The monoisotopic (exact) mass is 1400 g/mol. The summed E-state index contributed by atoms with van der Waals surface area (Å²) in [5.74, 6) is -2.12. The number of phosphoric ester groups is 2. The topological polar surface area (TPSA) is 237 Å². The fourth-order valence-electron chi connectivity index (χ4n) is 11.8. The first-order valence-corrected chi connectivity index (χ1v) is 42.8. The molecule has 0 fully saturated rings. The zero-order chi connectivity index (χ0) is 69.7. The Morgan fingerprint density at radius 1 is 0.253 bits per heavy atom. The molecule has 0 aromatic carbocycles. The van der Waals surface area contributed by atoms with Crippen molar-refractivity contribution in [2.45, 2.75) is 425 Å². The number of unbranched alkanes of at least 4 members (excludes halogenated alkanes) is 51. The molecule has 564 valence electrons. The predicted octanol–water partition coefficient (Wildman–Crippen LogP) is 22.6. The lowest BCUT2D eigenvalue weighted by Gasteiger charge is -2.21. The predicted molar refractivity (Wildman–Crippen MR) is 386 cm³/mol. The highest BCUT2D eigenvalue weighted by atomic mass is 31.2. The first-order chi connectivity index (χ1) is 46.2. The van der Waals surface area contributed by atoms with Crippen LogP contribution in [0.25, 0.3) is 0 Å². The lowest BCUT2D eigenvalue weighted by molar-refractivity contribution is -0.161. The molecular formula is C76H148O17P2.